The maximum atomic E-state index is 11.7. The summed E-state index contributed by atoms with van der Waals surface area (Å²) in [5, 5.41) is 4.40. The third-order valence-corrected chi connectivity index (χ3v) is 3.57. The van der Waals surface area contributed by atoms with Crippen LogP contribution in [0.15, 0.2) is 22.7 Å². The minimum atomic E-state index is -0.346. The minimum Gasteiger partial charge on any atom is -0.465 e. The van der Waals surface area contributed by atoms with Gasteiger partial charge in [-0.1, -0.05) is 15.9 Å². The van der Waals surface area contributed by atoms with Gasteiger partial charge in [0.05, 0.1) is 18.4 Å². The lowest BCUT2D eigenvalue weighted by Gasteiger charge is -2.06. The van der Waals surface area contributed by atoms with Crippen LogP contribution in [0.5, 0.6) is 0 Å². The number of benzene rings is 1. The molecule has 2 aromatic rings. The van der Waals surface area contributed by atoms with Gasteiger partial charge in [-0.3, -0.25) is 4.68 Å². The summed E-state index contributed by atoms with van der Waals surface area (Å²) < 4.78 is 7.44. The number of carbonyl (C=O) groups is 1. The van der Waals surface area contributed by atoms with E-state index in [0.29, 0.717) is 5.56 Å². The highest BCUT2D eigenvalue weighted by molar-refractivity contribution is 9.10. The van der Waals surface area contributed by atoms with Crippen molar-refractivity contribution >= 4 is 21.9 Å². The Labute approximate surface area is 120 Å². The summed E-state index contributed by atoms with van der Waals surface area (Å²) in [6.45, 7) is 3.97. The first-order chi connectivity index (χ1) is 8.93. The molecule has 0 atom stereocenters. The lowest BCUT2D eigenvalue weighted by molar-refractivity contribution is 0.0600. The van der Waals surface area contributed by atoms with Gasteiger partial charge in [0, 0.05) is 22.8 Å². The molecule has 0 fully saturated rings. The van der Waals surface area contributed by atoms with E-state index in [1.54, 1.807) is 6.07 Å². The second-order valence-corrected chi connectivity index (χ2v) is 5.31. The van der Waals surface area contributed by atoms with Crippen LogP contribution in [0.25, 0.3) is 11.1 Å². The first kappa shape index (κ1) is 13.8. The fraction of sp³-hybridized carbons (Fsp3) is 0.286. The van der Waals surface area contributed by atoms with E-state index in [4.69, 9.17) is 4.74 Å². The Kier molecular flexibility index (Phi) is 3.75. The van der Waals surface area contributed by atoms with Gasteiger partial charge in [0.25, 0.3) is 0 Å². The number of aryl methyl sites for hydroxylation is 2. The van der Waals surface area contributed by atoms with Crippen LogP contribution in [-0.2, 0) is 11.8 Å². The van der Waals surface area contributed by atoms with Gasteiger partial charge in [-0.2, -0.15) is 5.10 Å². The van der Waals surface area contributed by atoms with Crippen LogP contribution in [0.4, 0.5) is 0 Å². The molecular formula is C14H15BrN2O2. The minimum absolute atomic E-state index is 0.346. The quantitative estimate of drug-likeness (QED) is 0.797. The van der Waals surface area contributed by atoms with Gasteiger partial charge in [-0.25, -0.2) is 4.79 Å². The molecule has 1 aromatic heterocycles. The zero-order chi connectivity index (χ0) is 14.2. The molecule has 0 aliphatic carbocycles. The molecule has 0 aliphatic rings. The second-order valence-electron chi connectivity index (χ2n) is 4.39. The van der Waals surface area contributed by atoms with Crippen molar-refractivity contribution in [1.29, 1.82) is 0 Å². The molecular weight excluding hydrogens is 308 g/mol. The zero-order valence-corrected chi connectivity index (χ0v) is 12.9. The molecule has 0 unspecified atom stereocenters. The number of esters is 1. The zero-order valence-electron chi connectivity index (χ0n) is 11.3. The normalized spacial score (nSPS) is 10.6. The topological polar surface area (TPSA) is 44.1 Å². The fourth-order valence-corrected chi connectivity index (χ4v) is 2.65. The molecule has 0 amide bonds. The second kappa shape index (κ2) is 5.17. The summed E-state index contributed by atoms with van der Waals surface area (Å²) in [6.07, 6.45) is 0. The van der Waals surface area contributed by atoms with Crippen LogP contribution < -0.4 is 0 Å². The Hall–Kier alpha value is -1.62. The summed E-state index contributed by atoms with van der Waals surface area (Å²) in [5.41, 5.74) is 4.53. The van der Waals surface area contributed by atoms with Crippen molar-refractivity contribution in [2.24, 2.45) is 7.05 Å². The van der Waals surface area contributed by atoms with E-state index in [0.717, 1.165) is 27.0 Å². The lowest BCUT2D eigenvalue weighted by Crippen LogP contribution is -2.01. The van der Waals surface area contributed by atoms with Crippen LogP contribution in [0.3, 0.4) is 0 Å². The average Bonchev–Trinajstić information content (AvgIpc) is 2.61. The van der Waals surface area contributed by atoms with Gasteiger partial charge in [-0.05, 0) is 37.6 Å². The SMILES string of the molecule is COC(=O)c1cc(Br)cc(-c2c(C)nn(C)c2C)c1. The molecule has 0 radical (unpaired) electrons. The number of carbonyl (C=O) groups excluding carboxylic acids is 1. The van der Waals surface area contributed by atoms with Crippen LogP contribution in [-0.4, -0.2) is 22.9 Å². The van der Waals surface area contributed by atoms with Gasteiger partial charge < -0.3 is 4.74 Å². The van der Waals surface area contributed by atoms with Crippen LogP contribution in [0, 0.1) is 13.8 Å². The number of nitrogens with zero attached hydrogens (tertiary/aromatic N) is 2. The third-order valence-electron chi connectivity index (χ3n) is 3.12. The fourth-order valence-electron chi connectivity index (χ4n) is 2.16. The monoisotopic (exact) mass is 322 g/mol. The van der Waals surface area contributed by atoms with Crippen LogP contribution in [0.2, 0.25) is 0 Å². The number of hydrogen-bond donors (Lipinski definition) is 0. The Morgan fingerprint density at radius 2 is 2.00 bits per heavy atom. The molecule has 100 valence electrons. The Morgan fingerprint density at radius 1 is 1.32 bits per heavy atom. The highest BCUT2D eigenvalue weighted by Crippen LogP contribution is 2.30. The number of hydrogen-bond acceptors (Lipinski definition) is 3. The molecule has 0 saturated carbocycles. The summed E-state index contributed by atoms with van der Waals surface area (Å²) in [5.74, 6) is -0.346. The van der Waals surface area contributed by atoms with Gasteiger partial charge in [0.15, 0.2) is 0 Å². The van der Waals surface area contributed by atoms with Gasteiger partial charge in [0.1, 0.15) is 0 Å². The van der Waals surface area contributed by atoms with E-state index in [9.17, 15) is 4.79 Å². The third kappa shape index (κ3) is 2.56. The molecule has 2 rings (SSSR count). The number of aromatic nitrogens is 2. The molecule has 0 spiro atoms. The van der Waals surface area contributed by atoms with Gasteiger partial charge >= 0.3 is 5.97 Å². The first-order valence-electron chi connectivity index (χ1n) is 5.83. The largest absolute Gasteiger partial charge is 0.465 e. The number of ether oxygens (including phenoxy) is 1. The van der Waals surface area contributed by atoms with E-state index in [1.165, 1.54) is 7.11 Å². The smallest absolute Gasteiger partial charge is 0.337 e. The first-order valence-corrected chi connectivity index (χ1v) is 6.62. The van der Waals surface area contributed by atoms with E-state index >= 15 is 0 Å². The van der Waals surface area contributed by atoms with Crippen molar-refractivity contribution < 1.29 is 9.53 Å². The van der Waals surface area contributed by atoms with Crippen molar-refractivity contribution in [3.63, 3.8) is 0 Å². The molecule has 0 saturated heterocycles. The van der Waals surface area contributed by atoms with Crippen molar-refractivity contribution in [2.75, 3.05) is 7.11 Å². The molecule has 5 heteroatoms. The number of halogens is 1. The predicted octanol–water partition coefficient (Wildman–Crippen LogP) is 3.25. The standard InChI is InChI=1S/C14H15BrN2O2/c1-8-13(9(2)17(3)16-8)10-5-11(14(18)19-4)7-12(15)6-10/h5-7H,1-4H3. The molecule has 0 N–H and O–H groups in total. The molecule has 0 aliphatic heterocycles. The lowest BCUT2D eigenvalue weighted by atomic mass is 10.0. The van der Waals surface area contributed by atoms with Gasteiger partial charge in [0.2, 0.25) is 0 Å². The molecule has 1 heterocycles. The summed E-state index contributed by atoms with van der Waals surface area (Å²) in [7, 11) is 3.29. The van der Waals surface area contributed by atoms with Crippen LogP contribution >= 0.6 is 15.9 Å². The Morgan fingerprint density at radius 3 is 2.53 bits per heavy atom. The summed E-state index contributed by atoms with van der Waals surface area (Å²) in [6, 6.07) is 5.55. The van der Waals surface area contributed by atoms with Gasteiger partial charge in [-0.15, -0.1) is 0 Å². The molecule has 1 aromatic carbocycles. The van der Waals surface area contributed by atoms with Crippen molar-refractivity contribution in [3.8, 4) is 11.1 Å². The highest BCUT2D eigenvalue weighted by atomic mass is 79.9. The molecule has 19 heavy (non-hydrogen) atoms. The average molecular weight is 323 g/mol. The Bertz CT molecular complexity index is 647. The summed E-state index contributed by atoms with van der Waals surface area (Å²) in [4.78, 5) is 11.7. The van der Waals surface area contributed by atoms with E-state index < -0.39 is 0 Å². The Balaban J connectivity index is 2.62. The van der Waals surface area contributed by atoms with Crippen LogP contribution in [0.1, 0.15) is 21.7 Å². The van der Waals surface area contributed by atoms with E-state index in [-0.39, 0.29) is 5.97 Å². The molecule has 4 nitrogen and oxygen atoms in total. The maximum absolute atomic E-state index is 11.7. The van der Waals surface area contributed by atoms with Crippen molar-refractivity contribution in [2.45, 2.75) is 13.8 Å². The maximum Gasteiger partial charge on any atom is 0.337 e. The molecule has 0 bridgehead atoms. The van der Waals surface area contributed by atoms with Crippen molar-refractivity contribution in [1.82, 2.24) is 9.78 Å². The highest BCUT2D eigenvalue weighted by Gasteiger charge is 2.15. The summed E-state index contributed by atoms with van der Waals surface area (Å²) >= 11 is 3.43. The van der Waals surface area contributed by atoms with E-state index in [1.807, 2.05) is 37.7 Å². The predicted molar refractivity (Wildman–Crippen MR) is 77.2 cm³/mol. The number of rotatable bonds is 2. The van der Waals surface area contributed by atoms with Crippen molar-refractivity contribution in [3.05, 3.63) is 39.6 Å². The number of methoxy groups -OCH3 is 1. The van der Waals surface area contributed by atoms with E-state index in [2.05, 4.69) is 21.0 Å².